The predicted molar refractivity (Wildman–Crippen MR) is 145 cm³/mol. The number of carbonyl (C=O) groups is 1. The van der Waals surface area contributed by atoms with E-state index < -0.39 is 0 Å². The van der Waals surface area contributed by atoms with Gasteiger partial charge < -0.3 is 19.4 Å². The van der Waals surface area contributed by atoms with Crippen LogP contribution in [-0.4, -0.2) is 41.9 Å². The molecule has 0 saturated heterocycles. The second-order valence-corrected chi connectivity index (χ2v) is 9.80. The molecule has 0 radical (unpaired) electrons. The lowest BCUT2D eigenvalue weighted by Crippen LogP contribution is -2.36. The molecule has 1 N–H and O–H groups in total. The number of nitrogens with zero attached hydrogens (tertiary/aromatic N) is 2. The number of rotatable bonds is 8. The first-order chi connectivity index (χ1) is 17.6. The number of nitrogens with one attached hydrogen (secondary N) is 1. The number of anilines is 1. The number of benzene rings is 3. The van der Waals surface area contributed by atoms with Gasteiger partial charge in [0.2, 0.25) is 5.91 Å². The van der Waals surface area contributed by atoms with Crippen molar-refractivity contribution in [3.63, 3.8) is 0 Å². The molecular weight excluding hydrogens is 470 g/mol. The quantitative estimate of drug-likeness (QED) is 0.292. The third-order valence-corrected chi connectivity index (χ3v) is 7.71. The minimum atomic E-state index is -0.241. The molecule has 0 fully saturated rings. The zero-order valence-electron chi connectivity index (χ0n) is 20.7. The molecule has 0 aliphatic carbocycles. The van der Waals surface area contributed by atoms with Crippen molar-refractivity contribution in [3.05, 3.63) is 78.4 Å². The average Bonchev–Trinajstić information content (AvgIpc) is 3.56. The van der Waals surface area contributed by atoms with Crippen LogP contribution in [0.1, 0.15) is 18.9 Å². The lowest BCUT2D eigenvalue weighted by molar-refractivity contribution is -0.118. The number of amides is 1. The summed E-state index contributed by atoms with van der Waals surface area (Å²) in [6, 6.07) is 23.9. The van der Waals surface area contributed by atoms with Crippen LogP contribution in [0.5, 0.6) is 11.5 Å². The molecule has 1 aliphatic rings. The predicted octanol–water partition coefficient (Wildman–Crippen LogP) is 6.22. The second kappa shape index (κ2) is 10.5. The fourth-order valence-corrected chi connectivity index (χ4v) is 5.48. The van der Waals surface area contributed by atoms with E-state index in [1.165, 1.54) is 17.3 Å². The van der Waals surface area contributed by atoms with Crippen LogP contribution in [0.3, 0.4) is 0 Å². The molecule has 7 heteroatoms. The zero-order valence-corrected chi connectivity index (χ0v) is 21.5. The van der Waals surface area contributed by atoms with Crippen molar-refractivity contribution in [1.29, 1.82) is 0 Å². The molecule has 1 atom stereocenters. The lowest BCUT2D eigenvalue weighted by Gasteiger charge is -2.22. The van der Waals surface area contributed by atoms with Crippen LogP contribution in [0.15, 0.2) is 78.0 Å². The van der Waals surface area contributed by atoms with Crippen LogP contribution < -0.4 is 14.4 Å². The molecule has 5 rings (SSSR count). The summed E-state index contributed by atoms with van der Waals surface area (Å²) < 4.78 is 10.7. The van der Waals surface area contributed by atoms with Gasteiger partial charge in [-0.1, -0.05) is 36.9 Å². The number of carbonyl (C=O) groups excluding carboxylic acids is 1. The van der Waals surface area contributed by atoms with Crippen molar-refractivity contribution < 1.29 is 14.3 Å². The van der Waals surface area contributed by atoms with Crippen molar-refractivity contribution >= 4 is 23.4 Å². The van der Waals surface area contributed by atoms with Gasteiger partial charge in [0.25, 0.3) is 0 Å². The molecule has 3 aromatic carbocycles. The third-order valence-electron chi connectivity index (χ3n) is 6.48. The van der Waals surface area contributed by atoms with Crippen molar-refractivity contribution in [2.24, 2.45) is 0 Å². The van der Waals surface area contributed by atoms with Gasteiger partial charge in [-0.3, -0.25) is 4.79 Å². The number of para-hydroxylation sites is 1. The monoisotopic (exact) mass is 499 g/mol. The number of fused-ring (bicyclic) bond motifs is 1. The van der Waals surface area contributed by atoms with Gasteiger partial charge in [0.05, 0.1) is 30.9 Å². The van der Waals surface area contributed by atoms with Crippen molar-refractivity contribution in [3.8, 4) is 34.0 Å². The molecule has 36 heavy (non-hydrogen) atoms. The van der Waals surface area contributed by atoms with E-state index in [0.717, 1.165) is 57.8 Å². The smallest absolute Gasteiger partial charge is 0.240 e. The number of ether oxygens (including phenoxy) is 2. The Labute approximate surface area is 215 Å². The number of H-pyrrole nitrogens is 1. The molecule has 1 amide bonds. The van der Waals surface area contributed by atoms with E-state index in [0.29, 0.717) is 6.42 Å². The highest BCUT2D eigenvalue weighted by Crippen LogP contribution is 2.37. The van der Waals surface area contributed by atoms with Gasteiger partial charge in [-0.2, -0.15) is 0 Å². The van der Waals surface area contributed by atoms with Gasteiger partial charge in [-0.25, -0.2) is 4.98 Å². The molecule has 0 saturated carbocycles. The Morgan fingerprint density at radius 1 is 0.972 bits per heavy atom. The minimum Gasteiger partial charge on any atom is -0.497 e. The van der Waals surface area contributed by atoms with Gasteiger partial charge in [0.1, 0.15) is 11.5 Å². The lowest BCUT2D eigenvalue weighted by atomic mass is 10.0. The van der Waals surface area contributed by atoms with Crippen molar-refractivity contribution in [2.75, 3.05) is 25.7 Å². The van der Waals surface area contributed by atoms with E-state index >= 15 is 0 Å². The van der Waals surface area contributed by atoms with Gasteiger partial charge in [0, 0.05) is 23.4 Å². The second-order valence-electron chi connectivity index (χ2n) is 8.61. The van der Waals surface area contributed by atoms with Crippen LogP contribution in [0.25, 0.3) is 22.5 Å². The molecule has 184 valence electrons. The summed E-state index contributed by atoms with van der Waals surface area (Å²) in [5, 5.41) is 0.481. The molecule has 6 nitrogen and oxygen atoms in total. The number of thioether (sulfide) groups is 1. The molecule has 1 aromatic heterocycles. The zero-order chi connectivity index (χ0) is 25.1. The average molecular weight is 500 g/mol. The maximum atomic E-state index is 13.6. The number of aromatic nitrogens is 2. The standard InChI is InChI=1S/C29H29N3O3S/c1-4-25(28(33)32-18-17-19-7-5-6-8-24(19)32)36-29-30-26(20-9-13-22(34-2)14-10-20)27(31-29)21-11-15-23(35-3)16-12-21/h5-16,25H,4,17-18H2,1-3H3,(H,30,31). The highest BCUT2D eigenvalue weighted by Gasteiger charge is 2.30. The Bertz CT molecular complexity index is 1280. The Morgan fingerprint density at radius 2 is 1.61 bits per heavy atom. The number of hydrogen-bond donors (Lipinski definition) is 1. The van der Waals surface area contributed by atoms with E-state index in [1.54, 1.807) is 14.2 Å². The number of methoxy groups -OCH3 is 2. The maximum absolute atomic E-state index is 13.6. The number of hydrogen-bond acceptors (Lipinski definition) is 5. The van der Waals surface area contributed by atoms with Crippen LogP contribution >= 0.6 is 11.8 Å². The number of aromatic amines is 1. The van der Waals surface area contributed by atoms with Gasteiger partial charge >= 0.3 is 0 Å². The SMILES string of the molecule is CCC(Sc1nc(-c2ccc(OC)cc2)c(-c2ccc(OC)cc2)[nH]1)C(=O)N1CCc2ccccc21. The Balaban J connectivity index is 1.47. The molecule has 4 aromatic rings. The number of imidazole rings is 1. The van der Waals surface area contributed by atoms with Crippen LogP contribution in [0.4, 0.5) is 5.69 Å². The minimum absolute atomic E-state index is 0.126. The first kappa shape index (κ1) is 24.0. The summed E-state index contributed by atoms with van der Waals surface area (Å²) in [6.45, 7) is 2.77. The van der Waals surface area contributed by atoms with Crippen LogP contribution in [0, 0.1) is 0 Å². The fourth-order valence-electron chi connectivity index (χ4n) is 4.52. The Morgan fingerprint density at radius 3 is 2.25 bits per heavy atom. The molecule has 1 aliphatic heterocycles. The highest BCUT2D eigenvalue weighted by atomic mass is 32.2. The van der Waals surface area contributed by atoms with Crippen LogP contribution in [0.2, 0.25) is 0 Å². The highest BCUT2D eigenvalue weighted by molar-refractivity contribution is 8.00. The van der Waals surface area contributed by atoms with E-state index in [9.17, 15) is 4.79 Å². The summed E-state index contributed by atoms with van der Waals surface area (Å²) >= 11 is 1.49. The summed E-state index contributed by atoms with van der Waals surface area (Å²) in [7, 11) is 3.31. The van der Waals surface area contributed by atoms with E-state index in [2.05, 4.69) is 18.0 Å². The maximum Gasteiger partial charge on any atom is 0.240 e. The Kier molecular flexibility index (Phi) is 7.00. The molecule has 0 bridgehead atoms. The summed E-state index contributed by atoms with van der Waals surface area (Å²) in [5.41, 5.74) is 5.95. The molecular formula is C29H29N3O3S. The van der Waals surface area contributed by atoms with Gasteiger partial charge in [-0.15, -0.1) is 0 Å². The van der Waals surface area contributed by atoms with E-state index in [4.69, 9.17) is 14.5 Å². The van der Waals surface area contributed by atoms with E-state index in [-0.39, 0.29) is 11.2 Å². The van der Waals surface area contributed by atoms with Crippen molar-refractivity contribution in [2.45, 2.75) is 30.2 Å². The first-order valence-electron chi connectivity index (χ1n) is 12.1. The molecule has 1 unspecified atom stereocenters. The van der Waals surface area contributed by atoms with Gasteiger partial charge in [0.15, 0.2) is 5.16 Å². The van der Waals surface area contributed by atoms with Crippen LogP contribution in [-0.2, 0) is 11.2 Å². The third kappa shape index (κ3) is 4.71. The first-order valence-corrected chi connectivity index (χ1v) is 12.9. The summed E-state index contributed by atoms with van der Waals surface area (Å²) in [5.74, 6) is 1.71. The van der Waals surface area contributed by atoms with E-state index in [1.807, 2.05) is 71.6 Å². The summed E-state index contributed by atoms with van der Waals surface area (Å²) in [6.07, 6.45) is 1.60. The van der Waals surface area contributed by atoms with Gasteiger partial charge in [-0.05, 0) is 73.0 Å². The molecule has 2 heterocycles. The normalized spacial score (nSPS) is 13.4. The largest absolute Gasteiger partial charge is 0.497 e. The topological polar surface area (TPSA) is 67.5 Å². The summed E-state index contributed by atoms with van der Waals surface area (Å²) in [4.78, 5) is 23.9. The molecule has 0 spiro atoms. The Hall–Kier alpha value is -3.71. The fraction of sp³-hybridized carbons (Fsp3) is 0.241. The van der Waals surface area contributed by atoms with Crippen molar-refractivity contribution in [1.82, 2.24) is 9.97 Å².